The number of hydrogen-bond acceptors (Lipinski definition) is 4. The van der Waals surface area contributed by atoms with E-state index in [-0.39, 0.29) is 5.97 Å². The summed E-state index contributed by atoms with van der Waals surface area (Å²) in [6.45, 7) is 6.97. The van der Waals surface area contributed by atoms with Gasteiger partial charge >= 0.3 is 12.1 Å². The van der Waals surface area contributed by atoms with Crippen LogP contribution in [-0.2, 0) is 14.3 Å². The van der Waals surface area contributed by atoms with E-state index in [4.69, 9.17) is 9.47 Å². The summed E-state index contributed by atoms with van der Waals surface area (Å²) < 4.78 is 10.4. The second-order valence-electron chi connectivity index (χ2n) is 8.39. The standard InChI is InChI=1S/C25H49NO4/c1-4-7-8-9-10-11-12-13-14-15-16-17-18-19-22-29-24(27)23(20-5-2)26-25(28)30-21-6-3/h23H,4-22H2,1-3H3,(H,26,28). The van der Waals surface area contributed by atoms with E-state index in [2.05, 4.69) is 12.2 Å². The second-order valence-corrected chi connectivity index (χ2v) is 8.39. The predicted molar refractivity (Wildman–Crippen MR) is 125 cm³/mol. The number of hydrogen-bond donors (Lipinski definition) is 1. The normalized spacial score (nSPS) is 11.8. The molecule has 0 aromatic heterocycles. The van der Waals surface area contributed by atoms with Crippen molar-refractivity contribution in [3.63, 3.8) is 0 Å². The lowest BCUT2D eigenvalue weighted by atomic mass is 10.0. The number of ether oxygens (including phenoxy) is 2. The minimum Gasteiger partial charge on any atom is -0.464 e. The third-order valence-corrected chi connectivity index (χ3v) is 5.33. The Kier molecular flexibility index (Phi) is 21.5. The molecule has 0 bridgehead atoms. The molecule has 0 spiro atoms. The van der Waals surface area contributed by atoms with Gasteiger partial charge in [0.2, 0.25) is 0 Å². The number of alkyl carbamates (subject to hydrolysis) is 1. The van der Waals surface area contributed by atoms with Crippen molar-refractivity contribution in [3.05, 3.63) is 0 Å². The van der Waals surface area contributed by atoms with Crippen molar-refractivity contribution in [2.45, 2.75) is 136 Å². The van der Waals surface area contributed by atoms with Gasteiger partial charge in [-0.25, -0.2) is 9.59 Å². The zero-order valence-electron chi connectivity index (χ0n) is 20.1. The van der Waals surface area contributed by atoms with E-state index in [1.165, 1.54) is 77.0 Å². The van der Waals surface area contributed by atoms with Crippen molar-refractivity contribution in [2.24, 2.45) is 0 Å². The summed E-state index contributed by atoms with van der Waals surface area (Å²) in [4.78, 5) is 23.8. The minimum atomic E-state index is -0.606. The Labute approximate surface area is 186 Å². The van der Waals surface area contributed by atoms with Gasteiger partial charge in [-0.1, -0.05) is 111 Å². The molecular weight excluding hydrogens is 378 g/mol. The lowest BCUT2D eigenvalue weighted by Gasteiger charge is -2.16. The lowest BCUT2D eigenvalue weighted by Crippen LogP contribution is -2.42. The van der Waals surface area contributed by atoms with Crippen molar-refractivity contribution in [2.75, 3.05) is 13.2 Å². The molecule has 5 nitrogen and oxygen atoms in total. The molecule has 30 heavy (non-hydrogen) atoms. The van der Waals surface area contributed by atoms with Crippen LogP contribution in [0.2, 0.25) is 0 Å². The van der Waals surface area contributed by atoms with Gasteiger partial charge in [-0.05, 0) is 19.3 Å². The number of rotatable bonds is 21. The van der Waals surface area contributed by atoms with E-state index in [1.807, 2.05) is 13.8 Å². The van der Waals surface area contributed by atoms with Gasteiger partial charge in [0.15, 0.2) is 0 Å². The Bertz CT molecular complexity index is 401. The highest BCUT2D eigenvalue weighted by Gasteiger charge is 2.21. The fraction of sp³-hybridized carbons (Fsp3) is 0.920. The van der Waals surface area contributed by atoms with Crippen molar-refractivity contribution in [1.29, 1.82) is 0 Å². The van der Waals surface area contributed by atoms with Crippen LogP contribution in [-0.4, -0.2) is 31.3 Å². The van der Waals surface area contributed by atoms with Crippen molar-refractivity contribution >= 4 is 12.1 Å². The maximum Gasteiger partial charge on any atom is 0.407 e. The highest BCUT2D eigenvalue weighted by atomic mass is 16.6. The van der Waals surface area contributed by atoms with Gasteiger partial charge in [-0.15, -0.1) is 0 Å². The predicted octanol–water partition coefficient (Wildman–Crippen LogP) is 7.32. The number of unbranched alkanes of at least 4 members (excludes halogenated alkanes) is 13. The molecule has 0 aromatic rings. The Morgan fingerprint density at radius 1 is 0.600 bits per heavy atom. The molecule has 1 atom stereocenters. The summed E-state index contributed by atoms with van der Waals surface area (Å²) >= 11 is 0. The molecule has 178 valence electrons. The van der Waals surface area contributed by atoms with Crippen molar-refractivity contribution in [1.82, 2.24) is 5.32 Å². The van der Waals surface area contributed by atoms with E-state index in [0.29, 0.717) is 19.6 Å². The first-order valence-corrected chi connectivity index (χ1v) is 12.8. The van der Waals surface area contributed by atoms with Gasteiger partial charge in [0.25, 0.3) is 0 Å². The number of esters is 1. The summed E-state index contributed by atoms with van der Waals surface area (Å²) in [6.07, 6.45) is 19.8. The maximum absolute atomic E-state index is 12.2. The average molecular weight is 428 g/mol. The molecule has 0 radical (unpaired) electrons. The fourth-order valence-electron chi connectivity index (χ4n) is 3.49. The molecular formula is C25H49NO4. The topological polar surface area (TPSA) is 64.6 Å². The van der Waals surface area contributed by atoms with Crippen LogP contribution in [0.1, 0.15) is 130 Å². The molecule has 0 fully saturated rings. The molecule has 0 rings (SSSR count). The molecule has 1 unspecified atom stereocenters. The first-order chi connectivity index (χ1) is 14.7. The van der Waals surface area contributed by atoms with Crippen LogP contribution in [0, 0.1) is 0 Å². The molecule has 0 aliphatic carbocycles. The van der Waals surface area contributed by atoms with Gasteiger partial charge in [0.1, 0.15) is 6.04 Å². The Morgan fingerprint density at radius 3 is 1.57 bits per heavy atom. The van der Waals surface area contributed by atoms with Gasteiger partial charge in [-0.3, -0.25) is 0 Å². The monoisotopic (exact) mass is 427 g/mol. The smallest absolute Gasteiger partial charge is 0.407 e. The van der Waals surface area contributed by atoms with Gasteiger partial charge in [0, 0.05) is 0 Å². The van der Waals surface area contributed by atoms with Gasteiger partial charge < -0.3 is 14.8 Å². The zero-order chi connectivity index (χ0) is 22.3. The first-order valence-electron chi connectivity index (χ1n) is 12.8. The van der Waals surface area contributed by atoms with Crippen LogP contribution in [0.15, 0.2) is 0 Å². The number of carbonyl (C=O) groups excluding carboxylic acids is 2. The zero-order valence-corrected chi connectivity index (χ0v) is 20.1. The molecule has 0 aliphatic rings. The second kappa shape index (κ2) is 22.4. The van der Waals surface area contributed by atoms with Crippen LogP contribution in [0.5, 0.6) is 0 Å². The summed E-state index contributed by atoms with van der Waals surface area (Å²) in [6, 6.07) is -0.606. The molecule has 1 N–H and O–H groups in total. The Hall–Kier alpha value is -1.26. The van der Waals surface area contributed by atoms with Crippen molar-refractivity contribution in [3.8, 4) is 0 Å². The summed E-state index contributed by atoms with van der Waals surface area (Å²) in [5, 5.41) is 2.62. The van der Waals surface area contributed by atoms with Crippen LogP contribution >= 0.6 is 0 Å². The van der Waals surface area contributed by atoms with Crippen molar-refractivity contribution < 1.29 is 19.1 Å². The fourth-order valence-corrected chi connectivity index (χ4v) is 3.49. The third-order valence-electron chi connectivity index (χ3n) is 5.33. The Morgan fingerprint density at radius 2 is 1.10 bits per heavy atom. The van der Waals surface area contributed by atoms with E-state index in [9.17, 15) is 9.59 Å². The SMILES string of the molecule is CCCCCCCCCCCCCCCCOC(=O)C(CCC)NC(=O)OCCC. The molecule has 0 saturated heterocycles. The van der Waals surface area contributed by atoms with Gasteiger partial charge in [-0.2, -0.15) is 0 Å². The van der Waals surface area contributed by atoms with Crippen LogP contribution in [0.4, 0.5) is 4.79 Å². The van der Waals surface area contributed by atoms with Crippen LogP contribution < -0.4 is 5.32 Å². The van der Waals surface area contributed by atoms with Gasteiger partial charge in [0.05, 0.1) is 13.2 Å². The molecule has 5 heteroatoms. The molecule has 0 aliphatic heterocycles. The number of nitrogens with one attached hydrogen (secondary N) is 1. The van der Waals surface area contributed by atoms with E-state index in [0.717, 1.165) is 25.7 Å². The van der Waals surface area contributed by atoms with E-state index >= 15 is 0 Å². The molecule has 0 saturated carbocycles. The number of carbonyl (C=O) groups is 2. The third kappa shape index (κ3) is 18.7. The largest absolute Gasteiger partial charge is 0.464 e. The number of amides is 1. The summed E-state index contributed by atoms with van der Waals surface area (Å²) in [7, 11) is 0. The molecule has 1 amide bonds. The Balaban J connectivity index is 3.56. The highest BCUT2D eigenvalue weighted by Crippen LogP contribution is 2.13. The quantitative estimate of drug-likeness (QED) is 0.154. The van der Waals surface area contributed by atoms with E-state index < -0.39 is 12.1 Å². The van der Waals surface area contributed by atoms with Crippen LogP contribution in [0.25, 0.3) is 0 Å². The first kappa shape index (κ1) is 28.7. The molecule has 0 heterocycles. The maximum atomic E-state index is 12.2. The summed E-state index contributed by atoms with van der Waals surface area (Å²) in [5.74, 6) is -0.347. The lowest BCUT2D eigenvalue weighted by molar-refractivity contribution is -0.146. The summed E-state index contributed by atoms with van der Waals surface area (Å²) in [5.41, 5.74) is 0. The van der Waals surface area contributed by atoms with E-state index in [1.54, 1.807) is 0 Å². The highest BCUT2D eigenvalue weighted by molar-refractivity contribution is 5.81. The minimum absolute atomic E-state index is 0.347. The average Bonchev–Trinajstić information content (AvgIpc) is 2.74. The molecule has 0 aromatic carbocycles. The van der Waals surface area contributed by atoms with Crippen LogP contribution in [0.3, 0.4) is 0 Å².